The first-order valence-corrected chi connectivity index (χ1v) is 14.9. The van der Waals surface area contributed by atoms with Crippen LogP contribution in [-0.4, -0.2) is 32.0 Å². The number of ether oxygens (including phenoxy) is 4. The first-order valence-electron chi connectivity index (χ1n) is 14.1. The minimum Gasteiger partial charge on any atom is -0.497 e. The number of hydrogen-bond donors (Lipinski definition) is 0. The Morgan fingerprint density at radius 2 is 1.57 bits per heavy atom. The van der Waals surface area contributed by atoms with E-state index in [1.807, 2.05) is 55.5 Å². The molecule has 0 amide bonds. The fourth-order valence-electron chi connectivity index (χ4n) is 4.66. The van der Waals surface area contributed by atoms with E-state index in [-0.39, 0.29) is 23.7 Å². The molecule has 46 heavy (non-hydrogen) atoms. The van der Waals surface area contributed by atoms with Gasteiger partial charge in [0.1, 0.15) is 35.5 Å². The lowest BCUT2D eigenvalue weighted by Crippen LogP contribution is -2.01. The third-order valence-corrected chi connectivity index (χ3v) is 7.51. The van der Waals surface area contributed by atoms with Gasteiger partial charge in [-0.2, -0.15) is 5.26 Å². The molecule has 0 radical (unpaired) electrons. The van der Waals surface area contributed by atoms with Crippen LogP contribution in [0.2, 0.25) is 0 Å². The van der Waals surface area contributed by atoms with Crippen molar-refractivity contribution in [1.82, 2.24) is 0 Å². The molecule has 5 aromatic rings. The van der Waals surface area contributed by atoms with Crippen molar-refractivity contribution in [3.63, 3.8) is 0 Å². The molecule has 0 saturated carbocycles. The maximum atomic E-state index is 11.0. The normalized spacial score (nSPS) is 10.8. The van der Waals surface area contributed by atoms with Crippen LogP contribution in [0.15, 0.2) is 98.8 Å². The summed E-state index contributed by atoms with van der Waals surface area (Å²) in [7, 11) is 3.19. The second-order valence-corrected chi connectivity index (χ2v) is 10.6. The molecule has 0 bridgehead atoms. The Kier molecular flexibility index (Phi) is 10.00. The smallest absolute Gasteiger partial charge is 0.269 e. The molecule has 0 fully saturated rings. The van der Waals surface area contributed by atoms with Gasteiger partial charge in [-0.15, -0.1) is 0 Å². The molecular weight excluding hydrogens is 654 g/mol. The Morgan fingerprint density at radius 1 is 0.935 bits per heavy atom. The number of furan rings is 1. The molecule has 4 aromatic carbocycles. The van der Waals surface area contributed by atoms with E-state index in [0.717, 1.165) is 16.7 Å². The highest BCUT2D eigenvalue weighted by molar-refractivity contribution is 9.10. The molecule has 0 spiro atoms. The van der Waals surface area contributed by atoms with Crippen molar-refractivity contribution >= 4 is 33.7 Å². The minimum absolute atomic E-state index is 0.00642. The van der Waals surface area contributed by atoms with Gasteiger partial charge in [0.15, 0.2) is 11.5 Å². The quantitative estimate of drug-likeness (QED) is 0.0725. The molecule has 0 atom stereocenters. The number of methoxy groups -OCH3 is 2. The maximum absolute atomic E-state index is 11.0. The summed E-state index contributed by atoms with van der Waals surface area (Å²) in [4.78, 5) is 15.1. The molecule has 0 unspecified atom stereocenters. The maximum Gasteiger partial charge on any atom is 0.269 e. The number of hydrogen-bond acceptors (Lipinski definition) is 9. The number of non-ortho nitro benzene ring substituents is 1. The topological polar surface area (TPSA) is 129 Å². The van der Waals surface area contributed by atoms with Crippen LogP contribution >= 0.6 is 15.9 Å². The summed E-state index contributed by atoms with van der Waals surface area (Å²) in [6, 6.07) is 26.7. The molecule has 0 aliphatic rings. The van der Waals surface area contributed by atoms with E-state index in [1.165, 1.54) is 12.1 Å². The second kappa shape index (κ2) is 14.5. The third-order valence-electron chi connectivity index (χ3n) is 6.93. The summed E-state index contributed by atoms with van der Waals surface area (Å²) in [6.07, 6.45) is 1.59. The molecule has 10 nitrogen and oxygen atoms in total. The molecule has 5 rings (SSSR count). The van der Waals surface area contributed by atoms with Crippen molar-refractivity contribution in [2.45, 2.75) is 13.5 Å². The van der Waals surface area contributed by atoms with Gasteiger partial charge < -0.3 is 23.4 Å². The van der Waals surface area contributed by atoms with Crippen molar-refractivity contribution in [1.29, 1.82) is 5.26 Å². The Bertz CT molecular complexity index is 1910. The Labute approximate surface area is 273 Å². The summed E-state index contributed by atoms with van der Waals surface area (Å²) in [5, 5.41) is 21.3. The monoisotopic (exact) mass is 681 g/mol. The van der Waals surface area contributed by atoms with Gasteiger partial charge in [0.25, 0.3) is 5.69 Å². The third kappa shape index (κ3) is 7.03. The van der Waals surface area contributed by atoms with E-state index >= 15 is 0 Å². The van der Waals surface area contributed by atoms with Gasteiger partial charge in [0, 0.05) is 29.5 Å². The SMILES string of the molecule is CCOc1cc(/C=N/c2oc(-c3ccc(OC)cc3)c(-c3ccc(OC)cc3)c2C#N)cc(Br)c1OCc1ccc([N+](=O)[O-])cc1. The van der Waals surface area contributed by atoms with Crippen molar-refractivity contribution < 1.29 is 28.3 Å². The summed E-state index contributed by atoms with van der Waals surface area (Å²) in [5.41, 5.74) is 3.83. The molecule has 0 aliphatic carbocycles. The number of nitro benzene ring substituents is 1. The summed E-state index contributed by atoms with van der Waals surface area (Å²) in [5.74, 6) is 2.95. The van der Waals surface area contributed by atoms with E-state index in [9.17, 15) is 15.4 Å². The van der Waals surface area contributed by atoms with Crippen LogP contribution in [0.4, 0.5) is 11.6 Å². The van der Waals surface area contributed by atoms with Crippen molar-refractivity contribution in [2.24, 2.45) is 4.99 Å². The van der Waals surface area contributed by atoms with Gasteiger partial charge in [0.05, 0.1) is 30.2 Å². The summed E-state index contributed by atoms with van der Waals surface area (Å²) < 4.78 is 29.4. The number of aliphatic imine (C=N–C) groups is 1. The molecule has 0 N–H and O–H groups in total. The van der Waals surface area contributed by atoms with Crippen LogP contribution in [0.25, 0.3) is 22.5 Å². The molecule has 0 aliphatic heterocycles. The second-order valence-electron chi connectivity index (χ2n) is 9.79. The average molecular weight is 683 g/mol. The summed E-state index contributed by atoms with van der Waals surface area (Å²) in [6.45, 7) is 2.41. The molecule has 232 valence electrons. The highest BCUT2D eigenvalue weighted by Crippen LogP contribution is 2.43. The number of nitriles is 1. The zero-order valence-corrected chi connectivity index (χ0v) is 26.7. The van der Waals surface area contributed by atoms with Crippen LogP contribution in [-0.2, 0) is 6.61 Å². The molecule has 1 aromatic heterocycles. The Balaban J connectivity index is 1.49. The van der Waals surface area contributed by atoms with Crippen LogP contribution < -0.4 is 18.9 Å². The predicted molar refractivity (Wildman–Crippen MR) is 177 cm³/mol. The first kappa shape index (κ1) is 31.8. The van der Waals surface area contributed by atoms with Crippen LogP contribution in [0, 0.1) is 21.4 Å². The number of nitro groups is 1. The fraction of sp³-hybridized carbons (Fsp3) is 0.143. The van der Waals surface area contributed by atoms with Gasteiger partial charge in [-0.05, 0) is 100 Å². The zero-order chi connectivity index (χ0) is 32.6. The van der Waals surface area contributed by atoms with Gasteiger partial charge in [-0.1, -0.05) is 12.1 Å². The van der Waals surface area contributed by atoms with Crippen molar-refractivity contribution in [3.8, 4) is 51.5 Å². The number of halogens is 1. The molecule has 11 heteroatoms. The van der Waals surface area contributed by atoms with Gasteiger partial charge in [-0.25, -0.2) is 4.99 Å². The van der Waals surface area contributed by atoms with Gasteiger partial charge in [0.2, 0.25) is 5.88 Å². The number of rotatable bonds is 12. The van der Waals surface area contributed by atoms with E-state index in [0.29, 0.717) is 51.0 Å². The number of benzene rings is 4. The van der Waals surface area contributed by atoms with Gasteiger partial charge in [-0.3, -0.25) is 10.1 Å². The van der Waals surface area contributed by atoms with Gasteiger partial charge >= 0.3 is 0 Å². The van der Waals surface area contributed by atoms with Crippen LogP contribution in [0.3, 0.4) is 0 Å². The van der Waals surface area contributed by atoms with Crippen LogP contribution in [0.1, 0.15) is 23.6 Å². The van der Waals surface area contributed by atoms with Crippen LogP contribution in [0.5, 0.6) is 23.0 Å². The Morgan fingerprint density at radius 3 is 2.13 bits per heavy atom. The zero-order valence-electron chi connectivity index (χ0n) is 25.2. The van der Waals surface area contributed by atoms with Crippen molar-refractivity contribution in [2.75, 3.05) is 20.8 Å². The Hall–Kier alpha value is -5.60. The van der Waals surface area contributed by atoms with E-state index in [4.69, 9.17) is 23.4 Å². The standard InChI is InChI=1S/C35H28BrN3O7/c1-4-44-31-18-23(17-30(36)34(31)45-21-22-5-11-26(12-6-22)39(40)41)20-38-35-29(19-37)32(24-7-13-27(42-2)14-8-24)33(46-35)25-9-15-28(43-3)16-10-25/h5-18,20H,4,21H2,1-3H3/b38-20+. The minimum atomic E-state index is -0.448. The van der Waals surface area contributed by atoms with E-state index in [2.05, 4.69) is 27.0 Å². The first-order chi connectivity index (χ1) is 22.3. The molecule has 0 saturated heterocycles. The number of nitrogens with zero attached hydrogens (tertiary/aromatic N) is 3. The van der Waals surface area contributed by atoms with E-state index < -0.39 is 4.92 Å². The van der Waals surface area contributed by atoms with Crippen molar-refractivity contribution in [3.05, 3.63) is 116 Å². The van der Waals surface area contributed by atoms with E-state index in [1.54, 1.807) is 44.7 Å². The lowest BCUT2D eigenvalue weighted by molar-refractivity contribution is -0.384. The highest BCUT2D eigenvalue weighted by Gasteiger charge is 2.23. The average Bonchev–Trinajstić information content (AvgIpc) is 3.45. The lowest BCUT2D eigenvalue weighted by atomic mass is 9.98. The molecular formula is C35H28BrN3O7. The lowest BCUT2D eigenvalue weighted by Gasteiger charge is -2.14. The largest absolute Gasteiger partial charge is 0.497 e. The fourth-order valence-corrected chi connectivity index (χ4v) is 5.23. The summed E-state index contributed by atoms with van der Waals surface area (Å²) >= 11 is 3.57. The predicted octanol–water partition coefficient (Wildman–Crippen LogP) is 8.90. The highest BCUT2D eigenvalue weighted by atomic mass is 79.9. The molecule has 1 heterocycles.